The number of nitrogens with zero attached hydrogens (tertiary/aromatic N) is 6. The Morgan fingerprint density at radius 2 is 1.58 bits per heavy atom. The number of amides is 2. The molecule has 2 aromatic heterocycles. The first kappa shape index (κ1) is 30.2. The Morgan fingerprint density at radius 1 is 0.822 bits per heavy atom. The normalized spacial score (nSPS) is 17.4. The molecule has 9 heteroatoms. The van der Waals surface area contributed by atoms with E-state index in [9.17, 15) is 9.59 Å². The van der Waals surface area contributed by atoms with E-state index in [4.69, 9.17) is 4.74 Å². The topological polar surface area (TPSA) is 91.8 Å². The van der Waals surface area contributed by atoms with E-state index in [0.717, 1.165) is 43.5 Å². The Morgan fingerprint density at radius 3 is 2.33 bits per heavy atom. The van der Waals surface area contributed by atoms with Gasteiger partial charge in [-0.1, -0.05) is 42.5 Å². The maximum absolute atomic E-state index is 14.2. The SMILES string of the molecule is Cc1ccc(C(=O)N2CCC3(CCCN(c4ncccn4)CCN(Cc4ccccc4)C(=O)c4ccccc4OC3)CC2)cn1. The van der Waals surface area contributed by atoms with E-state index < -0.39 is 0 Å². The third-order valence-electron chi connectivity index (χ3n) is 9.03. The first-order valence-corrected chi connectivity index (χ1v) is 15.8. The van der Waals surface area contributed by atoms with E-state index >= 15 is 0 Å². The van der Waals surface area contributed by atoms with Crippen LogP contribution in [0.5, 0.6) is 5.75 Å². The molecule has 45 heavy (non-hydrogen) atoms. The fourth-order valence-corrected chi connectivity index (χ4v) is 6.31. The smallest absolute Gasteiger partial charge is 0.257 e. The lowest BCUT2D eigenvalue weighted by atomic mass is 9.75. The molecule has 0 N–H and O–H groups in total. The number of fused-ring (bicyclic) bond motifs is 1. The van der Waals surface area contributed by atoms with E-state index in [1.165, 1.54) is 0 Å². The lowest BCUT2D eigenvalue weighted by Crippen LogP contribution is -2.46. The molecule has 1 saturated heterocycles. The number of aromatic nitrogens is 3. The summed E-state index contributed by atoms with van der Waals surface area (Å²) in [7, 11) is 0. The summed E-state index contributed by atoms with van der Waals surface area (Å²) in [5.74, 6) is 1.22. The van der Waals surface area contributed by atoms with Crippen LogP contribution in [0.3, 0.4) is 0 Å². The number of benzene rings is 2. The molecule has 9 nitrogen and oxygen atoms in total. The van der Waals surface area contributed by atoms with Crippen molar-refractivity contribution in [1.29, 1.82) is 0 Å². The van der Waals surface area contributed by atoms with Crippen molar-refractivity contribution in [3.8, 4) is 5.75 Å². The van der Waals surface area contributed by atoms with E-state index in [2.05, 4.69) is 19.9 Å². The summed E-state index contributed by atoms with van der Waals surface area (Å²) in [6.07, 6.45) is 8.65. The van der Waals surface area contributed by atoms with Crippen LogP contribution in [0, 0.1) is 12.3 Å². The number of likely N-dealkylation sites (tertiary alicyclic amines) is 1. The summed E-state index contributed by atoms with van der Waals surface area (Å²) >= 11 is 0. The molecular formula is C36H40N6O3. The van der Waals surface area contributed by atoms with Crippen LogP contribution in [0.4, 0.5) is 5.95 Å². The quantitative estimate of drug-likeness (QED) is 0.307. The second kappa shape index (κ2) is 13.9. The number of piperidine rings is 1. The molecule has 6 rings (SSSR count). The number of carbonyl (C=O) groups excluding carboxylic acids is 2. The number of carbonyl (C=O) groups is 2. The van der Waals surface area contributed by atoms with Crippen LogP contribution in [0.25, 0.3) is 0 Å². The van der Waals surface area contributed by atoms with Gasteiger partial charge in [0.25, 0.3) is 11.8 Å². The minimum absolute atomic E-state index is 0.0183. The minimum Gasteiger partial charge on any atom is -0.492 e. The maximum Gasteiger partial charge on any atom is 0.257 e. The molecule has 232 valence electrons. The predicted octanol–water partition coefficient (Wildman–Crippen LogP) is 5.42. The Hall–Kier alpha value is -4.79. The highest BCUT2D eigenvalue weighted by molar-refractivity contribution is 5.97. The van der Waals surface area contributed by atoms with Gasteiger partial charge in [-0.3, -0.25) is 14.6 Å². The van der Waals surface area contributed by atoms with Crippen LogP contribution in [0.2, 0.25) is 0 Å². The first-order valence-electron chi connectivity index (χ1n) is 15.8. The van der Waals surface area contributed by atoms with Crippen LogP contribution >= 0.6 is 0 Å². The second-order valence-corrected chi connectivity index (χ2v) is 12.1. The predicted molar refractivity (Wildman–Crippen MR) is 173 cm³/mol. The van der Waals surface area contributed by atoms with Crippen molar-refractivity contribution in [2.24, 2.45) is 5.41 Å². The molecule has 1 fully saturated rings. The molecule has 2 amide bonds. The van der Waals surface area contributed by atoms with Crippen LogP contribution in [0.1, 0.15) is 57.7 Å². The number of anilines is 1. The molecule has 1 spiro atoms. The van der Waals surface area contributed by atoms with Crippen LogP contribution in [-0.2, 0) is 6.54 Å². The molecule has 0 atom stereocenters. The number of para-hydroxylation sites is 1. The zero-order valence-corrected chi connectivity index (χ0v) is 25.8. The summed E-state index contributed by atoms with van der Waals surface area (Å²) in [5, 5.41) is 0. The van der Waals surface area contributed by atoms with Gasteiger partial charge >= 0.3 is 0 Å². The molecule has 2 aliphatic rings. The van der Waals surface area contributed by atoms with Crippen LogP contribution < -0.4 is 9.64 Å². The van der Waals surface area contributed by atoms with Gasteiger partial charge in [0.15, 0.2) is 0 Å². The summed E-state index contributed by atoms with van der Waals surface area (Å²) in [6, 6.07) is 23.2. The van der Waals surface area contributed by atoms with Crippen LogP contribution in [0.15, 0.2) is 91.4 Å². The van der Waals surface area contributed by atoms with E-state index in [0.29, 0.717) is 62.2 Å². The Bertz CT molecular complexity index is 1570. The summed E-state index contributed by atoms with van der Waals surface area (Å²) in [5.41, 5.74) is 3.00. The van der Waals surface area contributed by atoms with E-state index in [-0.39, 0.29) is 17.2 Å². The number of rotatable bonds is 4. The van der Waals surface area contributed by atoms with Crippen molar-refractivity contribution in [3.63, 3.8) is 0 Å². The highest BCUT2D eigenvalue weighted by Gasteiger charge is 2.37. The molecule has 0 bridgehead atoms. The van der Waals surface area contributed by atoms with Gasteiger partial charge in [0, 0.05) is 69.0 Å². The van der Waals surface area contributed by atoms with Crippen LogP contribution in [-0.4, -0.2) is 75.9 Å². The zero-order valence-electron chi connectivity index (χ0n) is 25.8. The summed E-state index contributed by atoms with van der Waals surface area (Å²) < 4.78 is 6.57. The number of hydrogen-bond acceptors (Lipinski definition) is 7. The molecule has 0 radical (unpaired) electrons. The highest BCUT2D eigenvalue weighted by Crippen LogP contribution is 2.38. The zero-order chi connectivity index (χ0) is 31.1. The van der Waals surface area contributed by atoms with Gasteiger partial charge in [-0.15, -0.1) is 0 Å². The van der Waals surface area contributed by atoms with Gasteiger partial charge < -0.3 is 19.4 Å². The molecular weight excluding hydrogens is 564 g/mol. The minimum atomic E-state index is -0.139. The molecule has 0 unspecified atom stereocenters. The summed E-state index contributed by atoms with van der Waals surface area (Å²) in [4.78, 5) is 46.9. The van der Waals surface area contributed by atoms with Gasteiger partial charge in [-0.2, -0.15) is 0 Å². The second-order valence-electron chi connectivity index (χ2n) is 12.1. The van der Waals surface area contributed by atoms with E-state index in [1.807, 2.05) is 89.5 Å². The number of pyridine rings is 1. The van der Waals surface area contributed by atoms with Gasteiger partial charge in [-0.05, 0) is 68.5 Å². The molecule has 0 saturated carbocycles. The van der Waals surface area contributed by atoms with Crippen molar-refractivity contribution >= 4 is 17.8 Å². The van der Waals surface area contributed by atoms with E-state index in [1.54, 1.807) is 18.6 Å². The van der Waals surface area contributed by atoms with Gasteiger partial charge in [0.2, 0.25) is 5.95 Å². The third kappa shape index (κ3) is 7.30. The maximum atomic E-state index is 14.2. The van der Waals surface area contributed by atoms with Gasteiger partial charge in [0.1, 0.15) is 5.75 Å². The molecule has 4 heterocycles. The fraction of sp³-hybridized carbons (Fsp3) is 0.361. The highest BCUT2D eigenvalue weighted by atomic mass is 16.5. The summed E-state index contributed by atoms with van der Waals surface area (Å²) in [6.45, 7) is 6.04. The Balaban J connectivity index is 1.26. The first-order chi connectivity index (χ1) is 22.0. The third-order valence-corrected chi connectivity index (χ3v) is 9.03. The molecule has 4 aromatic rings. The number of ether oxygens (including phenoxy) is 1. The van der Waals surface area contributed by atoms with Crippen molar-refractivity contribution in [2.75, 3.05) is 44.2 Å². The molecule has 0 aliphatic carbocycles. The monoisotopic (exact) mass is 604 g/mol. The van der Waals surface area contributed by atoms with Crippen molar-refractivity contribution < 1.29 is 14.3 Å². The lowest BCUT2D eigenvalue weighted by molar-refractivity contribution is 0.0363. The van der Waals surface area contributed by atoms with Crippen molar-refractivity contribution in [1.82, 2.24) is 24.8 Å². The average Bonchev–Trinajstić information content (AvgIpc) is 3.10. The van der Waals surface area contributed by atoms with Gasteiger partial charge in [-0.25, -0.2) is 9.97 Å². The van der Waals surface area contributed by atoms with Crippen molar-refractivity contribution in [3.05, 3.63) is 114 Å². The average molecular weight is 605 g/mol. The largest absolute Gasteiger partial charge is 0.492 e. The molecule has 2 aromatic carbocycles. The fourth-order valence-electron chi connectivity index (χ4n) is 6.31. The number of aryl methyl sites for hydroxylation is 1. The lowest BCUT2D eigenvalue weighted by Gasteiger charge is -2.42. The standard InChI is InChI=1S/C36H40N6O3/c1-28-13-14-30(25-39-28)33(43)40-21-16-36(17-22-40)15-7-20-41(35-37-18-8-19-38-35)23-24-42(26-29-9-3-2-4-10-29)34(44)31-11-5-6-12-32(31)45-27-36/h2-6,8-14,18-19,25H,7,15-17,20-24,26-27H2,1H3. The Labute approximate surface area is 264 Å². The Kier molecular flexibility index (Phi) is 9.33. The molecule has 2 aliphatic heterocycles. The van der Waals surface area contributed by atoms with Gasteiger partial charge in [0.05, 0.1) is 17.7 Å². The number of hydrogen-bond donors (Lipinski definition) is 0. The van der Waals surface area contributed by atoms with Crippen molar-refractivity contribution in [2.45, 2.75) is 39.2 Å².